The predicted octanol–water partition coefficient (Wildman–Crippen LogP) is 7.50. The smallest absolute Gasteiger partial charge is 0.407 e. The highest BCUT2D eigenvalue weighted by Gasteiger charge is 2.35. The van der Waals surface area contributed by atoms with E-state index >= 15 is 4.79 Å². The van der Waals surface area contributed by atoms with Crippen molar-refractivity contribution >= 4 is 105 Å². The highest BCUT2D eigenvalue weighted by Crippen LogP contribution is 2.44. The summed E-state index contributed by atoms with van der Waals surface area (Å²) in [7, 11) is 3.36. The molecule has 115 heavy (non-hydrogen) atoms. The molecule has 0 bridgehead atoms. The third kappa shape index (κ3) is 26.5. The third-order valence-corrected chi connectivity index (χ3v) is 19.1. The number of anilines is 3. The lowest BCUT2D eigenvalue weighted by Gasteiger charge is -2.26. The molecule has 1 aliphatic carbocycles. The van der Waals surface area contributed by atoms with Crippen LogP contribution in [0.1, 0.15) is 172 Å². The summed E-state index contributed by atoms with van der Waals surface area (Å²) in [5.74, 6) is -10.7. The number of hydroxylamine groups is 4. The fraction of sp³-hybridized carbons (Fsp3) is 0.410. The second kappa shape index (κ2) is 42.3. The van der Waals surface area contributed by atoms with Crippen molar-refractivity contribution in [3.05, 3.63) is 173 Å². The summed E-state index contributed by atoms with van der Waals surface area (Å²) < 4.78 is 11.5. The van der Waals surface area contributed by atoms with Gasteiger partial charge >= 0.3 is 24.0 Å². The van der Waals surface area contributed by atoms with Crippen LogP contribution in [0.3, 0.4) is 0 Å². The zero-order valence-electron chi connectivity index (χ0n) is 65.8. The number of carbonyl (C=O) groups is 13. The molecule has 32 nitrogen and oxygen atoms in total. The van der Waals surface area contributed by atoms with Crippen LogP contribution in [-0.2, 0) is 68.8 Å². The average molecular weight is 1580 g/mol. The number of benzene rings is 5. The molecule has 0 saturated carbocycles. The number of nitrogens with two attached hydrogens (primary N) is 2. The highest BCUT2D eigenvalue weighted by molar-refractivity contribution is 5.98. The van der Waals surface area contributed by atoms with Gasteiger partial charge in [0.25, 0.3) is 17.7 Å². The van der Waals surface area contributed by atoms with E-state index in [4.69, 9.17) is 30.6 Å². The maximum absolute atomic E-state index is 15.1. The molecule has 610 valence electrons. The number of nitrogens with zero attached hydrogens (tertiary/aromatic N) is 8. The Morgan fingerprint density at radius 3 is 1.69 bits per heavy atom. The van der Waals surface area contributed by atoms with Gasteiger partial charge in [0.05, 0.1) is 61.2 Å². The number of rotatable bonds is 40. The predicted molar refractivity (Wildman–Crippen MR) is 423 cm³/mol. The van der Waals surface area contributed by atoms with Crippen LogP contribution in [0.5, 0.6) is 0 Å². The number of ketones is 3. The topological polar surface area (TPSA) is 444 Å². The Hall–Kier alpha value is -12.6. The Kier molecular flexibility index (Phi) is 32.4. The summed E-state index contributed by atoms with van der Waals surface area (Å²) in [5, 5.41) is 22.8. The number of nitrogens with one attached hydrogen (secondary N) is 4. The van der Waals surface area contributed by atoms with Crippen LogP contribution in [0, 0.1) is 11.8 Å². The molecule has 0 fully saturated rings. The normalized spacial score (nSPS) is 12.8. The van der Waals surface area contributed by atoms with Crippen molar-refractivity contribution in [3.8, 4) is 11.1 Å². The minimum Gasteiger partial charge on any atom is -0.458 e. The fourth-order valence-corrected chi connectivity index (χ4v) is 12.9. The van der Waals surface area contributed by atoms with Crippen LogP contribution in [0.4, 0.5) is 22.2 Å². The number of hydrogen-bond acceptors (Lipinski definition) is 25. The number of aliphatic hydroxyl groups excluding tert-OH is 1. The molecule has 0 aliphatic heterocycles. The van der Waals surface area contributed by atoms with Gasteiger partial charge in [0.15, 0.2) is 22.8 Å². The van der Waals surface area contributed by atoms with E-state index in [9.17, 15) is 62.6 Å². The lowest BCUT2D eigenvalue weighted by atomic mass is 9.87. The molecular weight excluding hydrogens is 1480 g/mol. The molecule has 0 saturated heterocycles. The van der Waals surface area contributed by atoms with E-state index < -0.39 is 126 Å². The van der Waals surface area contributed by atoms with E-state index in [1.807, 2.05) is 53.4 Å². The first-order valence-corrected chi connectivity index (χ1v) is 38.0. The number of aliphatic hydroxyl groups is 1. The maximum Gasteiger partial charge on any atom is 0.407 e. The van der Waals surface area contributed by atoms with Gasteiger partial charge < -0.3 is 66.8 Å². The van der Waals surface area contributed by atoms with E-state index in [1.54, 1.807) is 95.5 Å². The molecule has 0 spiro atoms. The Bertz CT molecular complexity index is 4580. The van der Waals surface area contributed by atoms with Crippen LogP contribution >= 0.6 is 0 Å². The van der Waals surface area contributed by atoms with Gasteiger partial charge in [-0.25, -0.2) is 29.1 Å². The summed E-state index contributed by atoms with van der Waals surface area (Å²) in [6.45, 7) is 7.50. The zero-order valence-corrected chi connectivity index (χ0v) is 65.8. The number of hydrogen-bond donors (Lipinski definition) is 7. The van der Waals surface area contributed by atoms with Crippen molar-refractivity contribution in [1.29, 1.82) is 0 Å². The first-order valence-electron chi connectivity index (χ1n) is 38.0. The van der Waals surface area contributed by atoms with Crippen LogP contribution in [0.25, 0.3) is 22.3 Å². The average Bonchev–Trinajstić information content (AvgIpc) is 1.61. The number of carbonyl (C=O) groups excluding carboxylic acids is 13. The van der Waals surface area contributed by atoms with E-state index in [0.29, 0.717) is 11.4 Å². The van der Waals surface area contributed by atoms with Gasteiger partial charge in [0.1, 0.15) is 35.9 Å². The number of ether oxygens (including phenoxy) is 2. The van der Waals surface area contributed by atoms with Crippen molar-refractivity contribution < 1.29 is 86.6 Å². The summed E-state index contributed by atoms with van der Waals surface area (Å²) in [5.41, 5.74) is 16.7. The number of amides is 7. The Morgan fingerprint density at radius 2 is 1.12 bits per heavy atom. The van der Waals surface area contributed by atoms with Gasteiger partial charge in [-0.05, 0) is 143 Å². The molecule has 5 atom stereocenters. The Morgan fingerprint density at radius 1 is 0.557 bits per heavy atom. The largest absolute Gasteiger partial charge is 0.458 e. The molecule has 5 aromatic carbocycles. The van der Waals surface area contributed by atoms with Crippen molar-refractivity contribution in [2.75, 3.05) is 69.9 Å². The molecule has 0 unspecified atom stereocenters. The molecule has 1 aliphatic rings. The van der Waals surface area contributed by atoms with Crippen molar-refractivity contribution in [2.24, 2.45) is 11.8 Å². The van der Waals surface area contributed by atoms with Crippen LogP contribution < -0.4 is 37.6 Å². The summed E-state index contributed by atoms with van der Waals surface area (Å²) in [6, 6.07) is 33.3. The van der Waals surface area contributed by atoms with Crippen molar-refractivity contribution in [3.63, 3.8) is 0 Å². The molecule has 9 N–H and O–H groups in total. The molecule has 2 heterocycles. The lowest BCUT2D eigenvalue weighted by molar-refractivity contribution is -0.165. The van der Waals surface area contributed by atoms with E-state index in [-0.39, 0.29) is 155 Å². The van der Waals surface area contributed by atoms with Gasteiger partial charge in [-0.1, -0.05) is 84.9 Å². The monoisotopic (exact) mass is 1580 g/mol. The van der Waals surface area contributed by atoms with Gasteiger partial charge in [0, 0.05) is 96.7 Å². The molecule has 32 heteroatoms. The Balaban J connectivity index is 0.931. The summed E-state index contributed by atoms with van der Waals surface area (Å²) >= 11 is 0. The molecule has 2 aromatic heterocycles. The maximum atomic E-state index is 15.1. The quantitative estimate of drug-likeness (QED) is 0.0111. The molecular formula is C83H100N14O18. The standard InChI is InChI=1S/C83H100N14O18/c1-51(99)94(7)42-20-27-57(70(103)34-19-41-86-75(105)58(49-98)45-61(102)39-40-69(80(110)113-83(4,5)6)90-76(106)54-35-37-60(38-36-54)95(8)48-59-47-87-74-72(88-59)73(84)92-81(85)93-74)46-71(104)67(32-21-43-96(52(2)100)114-78(108)55-23-11-9-12-24-55)89-77(107)68(33-22-44-97(53(3)101)115-79(109)56-25-13-10-14-26-56)91-82(111)112-50-66-64-30-17-15-28-62(64)63-29-16-18-31-65(63)66/h9-18,23-26,28-31,35-38,47,57-58,66-69,98H,19-22,27,32-34,39-46,48-50H2,1-8H3,(H,86,105)(H,89,107)(H,90,106)(H,91,111)(H4,84,85,87,92,93)/t57-,58+,67+,68+,69+/m1/s1. The van der Waals surface area contributed by atoms with Gasteiger partial charge in [-0.15, -0.1) is 0 Å². The van der Waals surface area contributed by atoms with E-state index in [1.165, 1.54) is 49.2 Å². The van der Waals surface area contributed by atoms with Gasteiger partial charge in [0.2, 0.25) is 23.7 Å². The first kappa shape index (κ1) is 88.0. The highest BCUT2D eigenvalue weighted by atomic mass is 16.7. The first-order chi connectivity index (χ1) is 54.9. The SMILES string of the molecule is CC(=O)N(C)CCC[C@H](CC(=O)[C@H](CCCN(OC(=O)c1ccccc1)C(C)=O)NC(=O)[C@H](CCCN(OC(=O)c1ccccc1)C(C)=O)NC(=O)OCC1c2ccccc2-c2ccccc21)C(=O)CCCNC(=O)[C@H](CO)CC(=O)CC[C@H](NC(=O)c1ccc(N(C)Cc2cnc3nc(N)nc(N)c3n2)cc1)C(=O)OC(C)(C)C. The number of fused-ring (bicyclic) bond motifs is 4. The number of alkyl carbamates (subject to hydrolysis) is 1. The second-order valence-electron chi connectivity index (χ2n) is 29.0. The molecule has 7 aromatic rings. The van der Waals surface area contributed by atoms with Crippen LogP contribution in [-0.4, -0.2) is 194 Å². The molecule has 8 rings (SSSR count). The summed E-state index contributed by atoms with van der Waals surface area (Å²) in [6.07, 6.45) is -1.54. The second-order valence-corrected chi connectivity index (χ2v) is 29.0. The number of aromatic nitrogens is 4. The number of Topliss-reactive ketones (excluding diaryl/α,β-unsaturated/α-hetero) is 3. The van der Waals surface area contributed by atoms with E-state index in [2.05, 4.69) is 41.2 Å². The van der Waals surface area contributed by atoms with Crippen LogP contribution in [0.15, 0.2) is 140 Å². The Labute approximate surface area is 666 Å². The minimum atomic E-state index is -1.50. The van der Waals surface area contributed by atoms with Gasteiger partial charge in [-0.3, -0.25) is 43.2 Å². The van der Waals surface area contributed by atoms with Gasteiger partial charge in [-0.2, -0.15) is 20.1 Å². The zero-order chi connectivity index (χ0) is 83.5. The number of nitrogen functional groups attached to an aromatic ring is 2. The van der Waals surface area contributed by atoms with Crippen molar-refractivity contribution in [2.45, 2.75) is 155 Å². The van der Waals surface area contributed by atoms with Crippen LogP contribution in [0.2, 0.25) is 0 Å². The lowest BCUT2D eigenvalue weighted by Crippen LogP contribution is -2.52. The third-order valence-electron chi connectivity index (χ3n) is 19.1. The molecule has 7 amide bonds. The van der Waals surface area contributed by atoms with E-state index in [0.717, 1.165) is 39.3 Å². The summed E-state index contributed by atoms with van der Waals surface area (Å²) in [4.78, 5) is 209. The fourth-order valence-electron chi connectivity index (χ4n) is 12.9. The van der Waals surface area contributed by atoms with Crippen molar-refractivity contribution in [1.82, 2.24) is 56.2 Å². The number of esters is 1. The molecule has 0 radical (unpaired) electrons. The minimum absolute atomic E-state index is 0.00701.